The molecule has 2 N–H and O–H groups in total. The summed E-state index contributed by atoms with van der Waals surface area (Å²) in [6.45, 7) is 2.89. The monoisotopic (exact) mass is 472 g/mol. The number of halogens is 2. The second-order valence-electron chi connectivity index (χ2n) is 7.48. The molecule has 0 atom stereocenters. The summed E-state index contributed by atoms with van der Waals surface area (Å²) in [5.74, 6) is 0.961. The first-order chi connectivity index (χ1) is 14.0. The van der Waals surface area contributed by atoms with Crippen LogP contribution in [0.1, 0.15) is 19.4 Å². The SMILES string of the molecule is CC(C)(NS(=O)(=O)Cc1cc(F)ccc1Cl)C(=O)Nc1ccc(OC2CSC2)cc1. The first-order valence-electron chi connectivity index (χ1n) is 9.15. The summed E-state index contributed by atoms with van der Waals surface area (Å²) in [6, 6.07) is 10.4. The lowest BCUT2D eigenvalue weighted by Gasteiger charge is -2.26. The highest BCUT2D eigenvalue weighted by Gasteiger charge is 2.33. The zero-order valence-corrected chi connectivity index (χ0v) is 18.8. The zero-order chi connectivity index (χ0) is 21.9. The molecule has 1 aliphatic rings. The molecule has 6 nitrogen and oxygen atoms in total. The topological polar surface area (TPSA) is 84.5 Å². The number of rotatable bonds is 8. The smallest absolute Gasteiger partial charge is 0.245 e. The van der Waals surface area contributed by atoms with Gasteiger partial charge in [0.1, 0.15) is 23.2 Å². The van der Waals surface area contributed by atoms with Crippen LogP contribution in [0.25, 0.3) is 0 Å². The van der Waals surface area contributed by atoms with Crippen molar-refractivity contribution < 1.29 is 22.3 Å². The van der Waals surface area contributed by atoms with Gasteiger partial charge in [0.25, 0.3) is 0 Å². The van der Waals surface area contributed by atoms with Crippen molar-refractivity contribution in [3.8, 4) is 5.75 Å². The maximum atomic E-state index is 13.4. The minimum Gasteiger partial charge on any atom is -0.489 e. The van der Waals surface area contributed by atoms with Gasteiger partial charge in [-0.25, -0.2) is 12.8 Å². The number of ether oxygens (including phenoxy) is 1. The van der Waals surface area contributed by atoms with Crippen LogP contribution in [-0.4, -0.2) is 37.5 Å². The van der Waals surface area contributed by atoms with Crippen LogP contribution in [0.15, 0.2) is 42.5 Å². The quantitative estimate of drug-likeness (QED) is 0.610. The Hall–Kier alpha value is -1.81. The molecule has 0 bridgehead atoms. The summed E-state index contributed by atoms with van der Waals surface area (Å²) in [4.78, 5) is 12.6. The van der Waals surface area contributed by atoms with Gasteiger partial charge < -0.3 is 10.1 Å². The Labute approximate surface area is 184 Å². The predicted octanol–water partition coefficient (Wildman–Crippen LogP) is 3.81. The van der Waals surface area contributed by atoms with E-state index in [0.717, 1.165) is 23.6 Å². The minimum atomic E-state index is -3.97. The number of nitrogens with one attached hydrogen (secondary N) is 2. The molecule has 1 saturated heterocycles. The second-order valence-corrected chi connectivity index (χ2v) is 10.7. The van der Waals surface area contributed by atoms with Crippen LogP contribution in [0.3, 0.4) is 0 Å². The lowest BCUT2D eigenvalue weighted by atomic mass is 10.1. The molecular formula is C20H22ClFN2O4S2. The molecule has 0 radical (unpaired) electrons. The van der Waals surface area contributed by atoms with Gasteiger partial charge in [0, 0.05) is 22.2 Å². The average Bonchev–Trinajstić information content (AvgIpc) is 2.61. The number of amides is 1. The van der Waals surface area contributed by atoms with Gasteiger partial charge in [-0.05, 0) is 61.9 Å². The van der Waals surface area contributed by atoms with Gasteiger partial charge >= 0.3 is 0 Å². The number of thioether (sulfide) groups is 1. The van der Waals surface area contributed by atoms with Crippen molar-refractivity contribution in [2.24, 2.45) is 0 Å². The maximum absolute atomic E-state index is 13.4. The van der Waals surface area contributed by atoms with Crippen LogP contribution in [0.5, 0.6) is 5.75 Å². The van der Waals surface area contributed by atoms with E-state index in [4.69, 9.17) is 16.3 Å². The average molecular weight is 473 g/mol. The molecule has 2 aromatic rings. The first kappa shape index (κ1) is 22.9. The summed E-state index contributed by atoms with van der Waals surface area (Å²) in [5.41, 5.74) is -0.826. The Morgan fingerprint density at radius 2 is 1.90 bits per heavy atom. The minimum absolute atomic E-state index is 0.112. The lowest BCUT2D eigenvalue weighted by molar-refractivity contribution is -0.120. The van der Waals surface area contributed by atoms with E-state index < -0.39 is 33.0 Å². The summed E-state index contributed by atoms with van der Waals surface area (Å²) in [7, 11) is -3.97. The predicted molar refractivity (Wildman–Crippen MR) is 118 cm³/mol. The highest BCUT2D eigenvalue weighted by Crippen LogP contribution is 2.25. The molecule has 1 aliphatic heterocycles. The fraction of sp³-hybridized carbons (Fsp3) is 0.350. The molecule has 2 aromatic carbocycles. The van der Waals surface area contributed by atoms with Crippen molar-refractivity contribution in [1.29, 1.82) is 0 Å². The van der Waals surface area contributed by atoms with Gasteiger partial charge in [-0.1, -0.05) is 11.6 Å². The number of hydrogen-bond donors (Lipinski definition) is 2. The van der Waals surface area contributed by atoms with Crippen LogP contribution in [0, 0.1) is 5.82 Å². The van der Waals surface area contributed by atoms with Gasteiger partial charge in [0.2, 0.25) is 15.9 Å². The van der Waals surface area contributed by atoms with Crippen molar-refractivity contribution in [3.05, 3.63) is 58.9 Å². The van der Waals surface area contributed by atoms with Crippen LogP contribution in [-0.2, 0) is 20.6 Å². The van der Waals surface area contributed by atoms with E-state index in [0.29, 0.717) is 11.4 Å². The van der Waals surface area contributed by atoms with E-state index in [2.05, 4.69) is 10.0 Å². The summed E-state index contributed by atoms with van der Waals surface area (Å²) < 4.78 is 46.6. The van der Waals surface area contributed by atoms with Crippen molar-refractivity contribution in [3.63, 3.8) is 0 Å². The third kappa shape index (κ3) is 6.10. The highest BCUT2D eigenvalue weighted by atomic mass is 35.5. The van der Waals surface area contributed by atoms with Crippen LogP contribution >= 0.6 is 23.4 Å². The van der Waals surface area contributed by atoms with E-state index in [-0.39, 0.29) is 16.7 Å². The molecule has 1 fully saturated rings. The van der Waals surface area contributed by atoms with E-state index in [1.165, 1.54) is 19.9 Å². The molecule has 0 aliphatic carbocycles. The highest BCUT2D eigenvalue weighted by molar-refractivity contribution is 8.00. The summed E-state index contributed by atoms with van der Waals surface area (Å²) in [6.07, 6.45) is 0.218. The van der Waals surface area contributed by atoms with Crippen LogP contribution < -0.4 is 14.8 Å². The third-order valence-corrected chi connectivity index (χ3v) is 7.45. The molecule has 10 heteroatoms. The molecule has 1 amide bonds. The molecule has 0 saturated carbocycles. The van der Waals surface area contributed by atoms with E-state index in [9.17, 15) is 17.6 Å². The van der Waals surface area contributed by atoms with Gasteiger partial charge in [0.05, 0.1) is 5.75 Å². The Bertz CT molecular complexity index is 1030. The number of benzene rings is 2. The van der Waals surface area contributed by atoms with Gasteiger partial charge in [0.15, 0.2) is 0 Å². The van der Waals surface area contributed by atoms with Gasteiger partial charge in [-0.3, -0.25) is 4.79 Å². The van der Waals surface area contributed by atoms with E-state index in [1.807, 2.05) is 11.8 Å². The third-order valence-electron chi connectivity index (χ3n) is 4.35. The standard InChI is InChI=1S/C20H22ClFN2O4S2/c1-20(2,24-30(26,27)12-13-9-14(22)3-8-18(13)21)19(25)23-15-4-6-16(7-5-15)28-17-10-29-11-17/h3-9,17,24H,10-12H2,1-2H3,(H,23,25). The normalized spacial score (nSPS) is 14.8. The van der Waals surface area contributed by atoms with E-state index >= 15 is 0 Å². The van der Waals surface area contributed by atoms with Crippen molar-refractivity contribution in [2.45, 2.75) is 31.2 Å². The molecule has 1 heterocycles. The van der Waals surface area contributed by atoms with E-state index in [1.54, 1.807) is 24.3 Å². The molecule has 0 spiro atoms. The largest absolute Gasteiger partial charge is 0.489 e. The van der Waals surface area contributed by atoms with Crippen LogP contribution in [0.2, 0.25) is 5.02 Å². The molecule has 30 heavy (non-hydrogen) atoms. The lowest BCUT2D eigenvalue weighted by Crippen LogP contribution is -2.52. The number of carbonyl (C=O) groups is 1. The van der Waals surface area contributed by atoms with Crippen LogP contribution in [0.4, 0.5) is 10.1 Å². The molecule has 0 unspecified atom stereocenters. The Morgan fingerprint density at radius 1 is 1.23 bits per heavy atom. The Balaban J connectivity index is 1.62. The fourth-order valence-corrected chi connectivity index (χ4v) is 5.13. The number of anilines is 1. The molecular weight excluding hydrogens is 451 g/mol. The van der Waals surface area contributed by atoms with Crippen molar-refractivity contribution >= 4 is 45.0 Å². The number of hydrogen-bond acceptors (Lipinski definition) is 5. The van der Waals surface area contributed by atoms with Gasteiger partial charge in [-0.2, -0.15) is 16.5 Å². The van der Waals surface area contributed by atoms with Gasteiger partial charge in [-0.15, -0.1) is 0 Å². The Kier molecular flexibility index (Phi) is 6.96. The Morgan fingerprint density at radius 3 is 2.50 bits per heavy atom. The first-order valence-corrected chi connectivity index (χ1v) is 12.3. The maximum Gasteiger partial charge on any atom is 0.245 e. The van der Waals surface area contributed by atoms with Crippen molar-refractivity contribution in [2.75, 3.05) is 16.8 Å². The summed E-state index contributed by atoms with van der Waals surface area (Å²) in [5, 5.41) is 2.82. The van der Waals surface area contributed by atoms with Crippen molar-refractivity contribution in [1.82, 2.24) is 4.72 Å². The molecule has 3 rings (SSSR count). The summed E-state index contributed by atoms with van der Waals surface area (Å²) >= 11 is 7.77. The fourth-order valence-electron chi connectivity index (χ4n) is 2.71. The number of sulfonamides is 1. The second kappa shape index (κ2) is 9.13. The molecule has 0 aromatic heterocycles. The number of carbonyl (C=O) groups excluding carboxylic acids is 1. The molecule has 162 valence electrons. The zero-order valence-electron chi connectivity index (χ0n) is 16.4.